The van der Waals surface area contributed by atoms with Gasteiger partial charge in [-0.25, -0.2) is 4.79 Å². The molecule has 2 atom stereocenters. The molecule has 2 rings (SSSR count). The minimum absolute atomic E-state index is 0.00285. The van der Waals surface area contributed by atoms with Gasteiger partial charge in [-0.2, -0.15) is 0 Å². The van der Waals surface area contributed by atoms with Gasteiger partial charge in [-0.1, -0.05) is 141 Å². The molecule has 1 fully saturated rings. The molecule has 0 saturated carbocycles. The van der Waals surface area contributed by atoms with Crippen LogP contribution in [0.15, 0.2) is 30.3 Å². The van der Waals surface area contributed by atoms with E-state index in [2.05, 4.69) is 51.1 Å². The molecule has 2 unspecified atom stereocenters. The first-order valence-corrected chi connectivity index (χ1v) is 15.2. The molecular weight excluding hydrogens is 430 g/mol. The lowest BCUT2D eigenvalue weighted by atomic mass is 9.91. The van der Waals surface area contributed by atoms with Crippen LogP contribution in [0.3, 0.4) is 0 Å². The van der Waals surface area contributed by atoms with E-state index in [1.807, 2.05) is 0 Å². The van der Waals surface area contributed by atoms with Gasteiger partial charge >= 0.3 is 5.97 Å². The lowest BCUT2D eigenvalue weighted by Gasteiger charge is -2.42. The molecular formula is C32H56NO2+. The number of hydrogen-bond donors (Lipinski definition) is 0. The van der Waals surface area contributed by atoms with Gasteiger partial charge in [0.25, 0.3) is 0 Å². The van der Waals surface area contributed by atoms with Gasteiger partial charge in [0.15, 0.2) is 0 Å². The number of benzene rings is 1. The fraction of sp³-hybridized carbons (Fsp3) is 0.781. The van der Waals surface area contributed by atoms with Crippen molar-refractivity contribution in [3.8, 4) is 0 Å². The minimum atomic E-state index is -0.00285. The third kappa shape index (κ3) is 13.5. The number of hydrogen-bond acceptors (Lipinski definition) is 2. The summed E-state index contributed by atoms with van der Waals surface area (Å²) < 4.78 is 0.476. The number of carbonyl (C=O) groups is 1. The Labute approximate surface area is 217 Å². The van der Waals surface area contributed by atoms with Crippen LogP contribution in [-0.4, -0.2) is 23.7 Å². The predicted molar refractivity (Wildman–Crippen MR) is 149 cm³/mol. The Hall–Kier alpha value is -1.35. The summed E-state index contributed by atoms with van der Waals surface area (Å²) in [6.07, 6.45) is 22.0. The number of unbranched alkanes of at least 4 members (excludes halogenated alkanes) is 14. The lowest BCUT2D eigenvalue weighted by molar-refractivity contribution is -1.11. The molecule has 1 aromatic carbocycles. The van der Waals surface area contributed by atoms with Crippen molar-refractivity contribution in [2.24, 2.45) is 11.8 Å². The number of quaternary nitrogens is 1. The Balaban J connectivity index is 1.55. The highest BCUT2D eigenvalue weighted by Gasteiger charge is 2.41. The monoisotopic (exact) mass is 486 g/mol. The molecule has 0 amide bonds. The first kappa shape index (κ1) is 29.9. The molecule has 0 bridgehead atoms. The normalized spacial score (nSPS) is 22.3. The van der Waals surface area contributed by atoms with E-state index in [-0.39, 0.29) is 5.97 Å². The van der Waals surface area contributed by atoms with E-state index in [0.717, 1.165) is 32.5 Å². The molecule has 1 aliphatic rings. The fourth-order valence-electron chi connectivity index (χ4n) is 6.10. The molecule has 1 aromatic rings. The Morgan fingerprint density at radius 1 is 0.743 bits per heavy atom. The molecule has 1 heterocycles. The standard InChI is InChI=1S/C32H56NO2/c1-4-5-6-7-8-9-10-11-12-13-14-15-16-17-21-24-32(34)35-33(26-29(2)25-30(3)27-33)28-31-22-19-18-20-23-31/h18-20,22-23,29-30H,4-17,21,24-28H2,1-3H3/q+1. The molecule has 200 valence electrons. The highest BCUT2D eigenvalue weighted by Crippen LogP contribution is 2.31. The second-order valence-corrected chi connectivity index (χ2v) is 11.7. The lowest BCUT2D eigenvalue weighted by Crippen LogP contribution is -2.56. The van der Waals surface area contributed by atoms with E-state index in [1.54, 1.807) is 0 Å². The van der Waals surface area contributed by atoms with Crippen molar-refractivity contribution < 1.29 is 14.3 Å². The largest absolute Gasteiger partial charge is 0.366 e. The van der Waals surface area contributed by atoms with Gasteiger partial charge in [0.2, 0.25) is 0 Å². The predicted octanol–water partition coefficient (Wildman–Crippen LogP) is 9.40. The van der Waals surface area contributed by atoms with Crippen molar-refractivity contribution in [2.75, 3.05) is 13.1 Å². The number of hydroxylamine groups is 3. The maximum atomic E-state index is 12.8. The third-order valence-corrected chi connectivity index (χ3v) is 7.69. The molecule has 3 nitrogen and oxygen atoms in total. The van der Waals surface area contributed by atoms with Crippen LogP contribution < -0.4 is 0 Å². The summed E-state index contributed by atoms with van der Waals surface area (Å²) in [6.45, 7) is 9.55. The number of nitrogens with zero attached hydrogens (tertiary/aromatic N) is 1. The average Bonchev–Trinajstić information content (AvgIpc) is 2.81. The van der Waals surface area contributed by atoms with Crippen LogP contribution in [0.25, 0.3) is 0 Å². The molecule has 35 heavy (non-hydrogen) atoms. The van der Waals surface area contributed by atoms with Crippen LogP contribution in [0.2, 0.25) is 0 Å². The highest BCUT2D eigenvalue weighted by molar-refractivity contribution is 5.68. The molecule has 0 N–H and O–H groups in total. The Bertz CT molecular complexity index is 649. The summed E-state index contributed by atoms with van der Waals surface area (Å²) in [7, 11) is 0. The molecule has 0 aliphatic carbocycles. The van der Waals surface area contributed by atoms with E-state index in [0.29, 0.717) is 22.9 Å². The van der Waals surface area contributed by atoms with E-state index < -0.39 is 0 Å². The molecule has 0 radical (unpaired) electrons. The highest BCUT2D eigenvalue weighted by atomic mass is 16.7. The average molecular weight is 487 g/mol. The van der Waals surface area contributed by atoms with Gasteiger partial charge in [0.1, 0.15) is 19.6 Å². The SMILES string of the molecule is CCCCCCCCCCCCCCCCCC(=O)O[N+]1(Cc2ccccc2)CC(C)CC(C)C1. The van der Waals surface area contributed by atoms with Crippen LogP contribution in [0, 0.1) is 11.8 Å². The smallest absolute Gasteiger partial charge is 0.276 e. The van der Waals surface area contributed by atoms with Crippen LogP contribution in [0.5, 0.6) is 0 Å². The van der Waals surface area contributed by atoms with Crippen molar-refractivity contribution >= 4 is 5.97 Å². The Morgan fingerprint density at radius 3 is 1.69 bits per heavy atom. The van der Waals surface area contributed by atoms with Crippen molar-refractivity contribution in [1.29, 1.82) is 0 Å². The summed E-state index contributed by atoms with van der Waals surface area (Å²) in [5.41, 5.74) is 1.26. The van der Waals surface area contributed by atoms with Gasteiger partial charge in [-0.3, -0.25) is 4.84 Å². The Kier molecular flexibility index (Phi) is 15.3. The quantitative estimate of drug-likeness (QED) is 0.144. The van der Waals surface area contributed by atoms with Gasteiger partial charge < -0.3 is 0 Å². The van der Waals surface area contributed by atoms with Crippen LogP contribution >= 0.6 is 0 Å². The van der Waals surface area contributed by atoms with Crippen molar-refractivity contribution in [3.63, 3.8) is 0 Å². The first-order valence-electron chi connectivity index (χ1n) is 15.2. The summed E-state index contributed by atoms with van der Waals surface area (Å²) in [6, 6.07) is 10.5. The number of rotatable bonds is 19. The zero-order chi connectivity index (χ0) is 25.2. The summed E-state index contributed by atoms with van der Waals surface area (Å²) >= 11 is 0. The second kappa shape index (κ2) is 18.0. The van der Waals surface area contributed by atoms with E-state index in [9.17, 15) is 4.79 Å². The topological polar surface area (TPSA) is 26.3 Å². The zero-order valence-corrected chi connectivity index (χ0v) is 23.4. The van der Waals surface area contributed by atoms with Crippen LogP contribution in [-0.2, 0) is 16.2 Å². The van der Waals surface area contributed by atoms with E-state index in [4.69, 9.17) is 4.84 Å². The van der Waals surface area contributed by atoms with Gasteiger partial charge in [-0.15, -0.1) is 4.65 Å². The maximum absolute atomic E-state index is 12.8. The zero-order valence-electron chi connectivity index (χ0n) is 23.4. The molecule has 1 saturated heterocycles. The minimum Gasteiger partial charge on any atom is -0.276 e. The molecule has 0 spiro atoms. The van der Waals surface area contributed by atoms with Crippen molar-refractivity contribution in [1.82, 2.24) is 0 Å². The van der Waals surface area contributed by atoms with Gasteiger partial charge in [-0.05, 0) is 12.8 Å². The van der Waals surface area contributed by atoms with Crippen molar-refractivity contribution in [2.45, 2.75) is 136 Å². The summed E-state index contributed by atoms with van der Waals surface area (Å²) in [5, 5.41) is 0. The third-order valence-electron chi connectivity index (χ3n) is 7.69. The summed E-state index contributed by atoms with van der Waals surface area (Å²) in [5.74, 6) is 1.17. The molecule has 1 aliphatic heterocycles. The van der Waals surface area contributed by atoms with E-state index >= 15 is 0 Å². The first-order chi connectivity index (χ1) is 17.0. The second-order valence-electron chi connectivity index (χ2n) is 11.7. The molecule has 0 aromatic heterocycles. The Morgan fingerprint density at radius 2 is 1.20 bits per heavy atom. The van der Waals surface area contributed by atoms with Gasteiger partial charge in [0, 0.05) is 17.4 Å². The number of carbonyl (C=O) groups excluding carboxylic acids is 1. The van der Waals surface area contributed by atoms with Gasteiger partial charge in [0.05, 0.1) is 6.42 Å². The number of piperidine rings is 1. The summed E-state index contributed by atoms with van der Waals surface area (Å²) in [4.78, 5) is 19.1. The van der Waals surface area contributed by atoms with Crippen molar-refractivity contribution in [3.05, 3.63) is 35.9 Å². The maximum Gasteiger partial charge on any atom is 0.366 e. The van der Waals surface area contributed by atoms with Crippen LogP contribution in [0.4, 0.5) is 0 Å². The van der Waals surface area contributed by atoms with Crippen LogP contribution in [0.1, 0.15) is 135 Å². The fourth-order valence-corrected chi connectivity index (χ4v) is 6.10. The number of likely N-dealkylation sites (tertiary alicyclic amines) is 1. The molecule has 3 heteroatoms. The van der Waals surface area contributed by atoms with E-state index in [1.165, 1.54) is 95.5 Å².